The van der Waals surface area contributed by atoms with Crippen LogP contribution >= 0.6 is 0 Å². The number of esters is 1. The highest BCUT2D eigenvalue weighted by atomic mass is 16.5. The molecule has 2 amide bonds. The SMILES string of the molecule is COC(=O)c1ccc(NC(=O)Nc2ccc(Nc3nc4ccccc4n3-c3nc(C)nc(N)n3)cc2)cc1. The zero-order valence-corrected chi connectivity index (χ0v) is 20.5. The number of methoxy groups -OCH3 is 1. The number of anilines is 5. The molecule has 2 heterocycles. The number of hydrogen-bond acceptors (Lipinski definition) is 9. The van der Waals surface area contributed by atoms with Crippen LogP contribution in [-0.2, 0) is 4.74 Å². The Morgan fingerprint density at radius 2 is 1.45 bits per heavy atom. The second-order valence-electron chi connectivity index (χ2n) is 8.15. The number of amides is 2. The number of imidazole rings is 1. The van der Waals surface area contributed by atoms with Gasteiger partial charge >= 0.3 is 12.0 Å². The number of nitrogen functional groups attached to an aromatic ring is 1. The van der Waals surface area contributed by atoms with Gasteiger partial charge < -0.3 is 26.4 Å². The summed E-state index contributed by atoms with van der Waals surface area (Å²) >= 11 is 0. The first-order valence-electron chi connectivity index (χ1n) is 11.5. The zero-order chi connectivity index (χ0) is 26.6. The molecule has 0 fully saturated rings. The van der Waals surface area contributed by atoms with Crippen LogP contribution in [0.15, 0.2) is 72.8 Å². The minimum absolute atomic E-state index is 0.115. The van der Waals surface area contributed by atoms with Crippen LogP contribution in [0.1, 0.15) is 16.2 Å². The third-order valence-corrected chi connectivity index (χ3v) is 5.48. The average molecular weight is 510 g/mol. The highest BCUT2D eigenvalue weighted by Crippen LogP contribution is 2.26. The third-order valence-electron chi connectivity index (χ3n) is 5.48. The van der Waals surface area contributed by atoms with Gasteiger partial charge in [-0.05, 0) is 67.6 Å². The van der Waals surface area contributed by atoms with E-state index in [4.69, 9.17) is 5.73 Å². The topological polar surface area (TPSA) is 162 Å². The van der Waals surface area contributed by atoms with Crippen molar-refractivity contribution in [2.75, 3.05) is 28.8 Å². The molecular weight excluding hydrogens is 486 g/mol. The van der Waals surface area contributed by atoms with E-state index in [1.54, 1.807) is 60.0 Å². The molecular formula is C26H23N9O3. The summed E-state index contributed by atoms with van der Waals surface area (Å²) in [6.07, 6.45) is 0. The fourth-order valence-electron chi connectivity index (χ4n) is 3.77. The molecule has 0 saturated carbocycles. The lowest BCUT2D eigenvalue weighted by atomic mass is 10.2. The minimum atomic E-state index is -0.446. The highest BCUT2D eigenvalue weighted by Gasteiger charge is 2.16. The van der Waals surface area contributed by atoms with E-state index in [-0.39, 0.29) is 5.95 Å². The van der Waals surface area contributed by atoms with Crippen molar-refractivity contribution < 1.29 is 14.3 Å². The molecule has 12 heteroatoms. The normalized spacial score (nSPS) is 10.7. The number of carbonyl (C=O) groups excluding carboxylic acids is 2. The van der Waals surface area contributed by atoms with Crippen LogP contribution in [0, 0.1) is 6.92 Å². The van der Waals surface area contributed by atoms with Crippen molar-refractivity contribution in [3.63, 3.8) is 0 Å². The van der Waals surface area contributed by atoms with E-state index in [0.29, 0.717) is 34.7 Å². The molecule has 38 heavy (non-hydrogen) atoms. The van der Waals surface area contributed by atoms with Crippen LogP contribution in [0.5, 0.6) is 0 Å². The number of aryl methyl sites for hydroxylation is 1. The van der Waals surface area contributed by atoms with Gasteiger partial charge in [-0.3, -0.25) is 0 Å². The van der Waals surface area contributed by atoms with Gasteiger partial charge in [0.25, 0.3) is 0 Å². The van der Waals surface area contributed by atoms with Crippen LogP contribution in [0.25, 0.3) is 17.0 Å². The molecule has 2 aromatic heterocycles. The molecule has 0 unspecified atom stereocenters. The standard InChI is InChI=1S/C26H23N9O3/c1-15-28-23(27)34-24(29-15)35-21-6-4-3-5-20(21)33-25(35)30-17-11-13-19(14-12-17)32-26(37)31-18-9-7-16(8-10-18)22(36)38-2/h3-14H,1-2H3,(H,30,33)(H2,31,32,37)(H2,27,28,29,34). The molecule has 0 saturated heterocycles. The van der Waals surface area contributed by atoms with Crippen LogP contribution in [-0.4, -0.2) is 43.6 Å². The number of carbonyl (C=O) groups is 2. The summed E-state index contributed by atoms with van der Waals surface area (Å²) in [7, 11) is 1.31. The van der Waals surface area contributed by atoms with E-state index in [2.05, 4.69) is 40.6 Å². The number of hydrogen-bond donors (Lipinski definition) is 4. The van der Waals surface area contributed by atoms with Crippen molar-refractivity contribution in [2.45, 2.75) is 6.92 Å². The third kappa shape index (κ3) is 5.18. The second kappa shape index (κ2) is 10.2. The number of urea groups is 1. The van der Waals surface area contributed by atoms with Gasteiger partial charge in [0.1, 0.15) is 5.82 Å². The molecule has 0 bridgehead atoms. The maximum Gasteiger partial charge on any atom is 0.337 e. The highest BCUT2D eigenvalue weighted by molar-refractivity contribution is 6.00. The lowest BCUT2D eigenvalue weighted by Crippen LogP contribution is -2.19. The quantitative estimate of drug-likeness (QED) is 0.245. The smallest absolute Gasteiger partial charge is 0.337 e. The van der Waals surface area contributed by atoms with Gasteiger partial charge in [-0.2, -0.15) is 15.0 Å². The molecule has 5 N–H and O–H groups in total. The summed E-state index contributed by atoms with van der Waals surface area (Å²) < 4.78 is 6.44. The van der Waals surface area contributed by atoms with Crippen molar-refractivity contribution in [3.05, 3.63) is 84.2 Å². The molecule has 5 rings (SSSR count). The number of aromatic nitrogens is 5. The first kappa shape index (κ1) is 24.2. The molecule has 190 valence electrons. The molecule has 0 aliphatic heterocycles. The molecule has 5 aromatic rings. The van der Waals surface area contributed by atoms with E-state index in [1.165, 1.54) is 7.11 Å². The summed E-state index contributed by atoms with van der Waals surface area (Å²) in [5.74, 6) is 0.998. The van der Waals surface area contributed by atoms with Gasteiger partial charge in [0, 0.05) is 17.1 Å². The first-order valence-corrected chi connectivity index (χ1v) is 11.5. The number of benzene rings is 3. The van der Waals surface area contributed by atoms with Crippen LogP contribution in [0.3, 0.4) is 0 Å². The summed E-state index contributed by atoms with van der Waals surface area (Å²) in [6.45, 7) is 1.74. The van der Waals surface area contributed by atoms with E-state index < -0.39 is 12.0 Å². The van der Waals surface area contributed by atoms with Crippen LogP contribution < -0.4 is 21.7 Å². The Morgan fingerprint density at radius 3 is 2.11 bits per heavy atom. The first-order chi connectivity index (χ1) is 18.4. The Morgan fingerprint density at radius 1 is 0.816 bits per heavy atom. The van der Waals surface area contributed by atoms with Crippen molar-refractivity contribution in [3.8, 4) is 5.95 Å². The zero-order valence-electron chi connectivity index (χ0n) is 20.5. The maximum absolute atomic E-state index is 12.4. The van der Waals surface area contributed by atoms with E-state index in [9.17, 15) is 9.59 Å². The van der Waals surface area contributed by atoms with Crippen LogP contribution in [0.2, 0.25) is 0 Å². The fourth-order valence-corrected chi connectivity index (χ4v) is 3.77. The number of rotatable bonds is 6. The van der Waals surface area contributed by atoms with E-state index in [0.717, 1.165) is 16.7 Å². The van der Waals surface area contributed by atoms with Crippen molar-refractivity contribution in [1.82, 2.24) is 24.5 Å². The molecule has 0 spiro atoms. The number of nitrogens with zero attached hydrogens (tertiary/aromatic N) is 5. The summed E-state index contributed by atoms with van der Waals surface area (Å²) in [5.41, 5.74) is 9.64. The molecule has 0 aliphatic carbocycles. The Kier molecular flexibility index (Phi) is 6.51. The average Bonchev–Trinajstić information content (AvgIpc) is 3.27. The van der Waals surface area contributed by atoms with E-state index in [1.807, 2.05) is 24.3 Å². The summed E-state index contributed by atoms with van der Waals surface area (Å²) in [5, 5.41) is 8.77. The fraction of sp³-hybridized carbons (Fsp3) is 0.0769. The van der Waals surface area contributed by atoms with Gasteiger partial charge in [0.2, 0.25) is 17.8 Å². The largest absolute Gasteiger partial charge is 0.465 e. The van der Waals surface area contributed by atoms with Crippen molar-refractivity contribution in [2.24, 2.45) is 0 Å². The number of nitrogens with two attached hydrogens (primary N) is 1. The Balaban J connectivity index is 1.31. The predicted octanol–water partition coefficient (Wildman–Crippen LogP) is 4.28. The monoisotopic (exact) mass is 509 g/mol. The van der Waals surface area contributed by atoms with Crippen molar-refractivity contribution in [1.29, 1.82) is 0 Å². The Hall–Kier alpha value is -5.52. The predicted molar refractivity (Wildman–Crippen MR) is 144 cm³/mol. The molecule has 12 nitrogen and oxygen atoms in total. The van der Waals surface area contributed by atoms with Gasteiger partial charge in [-0.15, -0.1) is 0 Å². The van der Waals surface area contributed by atoms with Gasteiger partial charge in [0.05, 0.1) is 23.7 Å². The Bertz CT molecular complexity index is 1610. The van der Waals surface area contributed by atoms with Crippen molar-refractivity contribution >= 4 is 52.0 Å². The lowest BCUT2D eigenvalue weighted by molar-refractivity contribution is 0.0600. The van der Waals surface area contributed by atoms with E-state index >= 15 is 0 Å². The Labute approximate surface area is 216 Å². The molecule has 0 aliphatic rings. The van der Waals surface area contributed by atoms with Gasteiger partial charge in [-0.25, -0.2) is 19.1 Å². The number of ether oxygens (including phenoxy) is 1. The molecule has 3 aromatic carbocycles. The number of nitrogens with one attached hydrogen (secondary N) is 3. The number of fused-ring (bicyclic) bond motifs is 1. The summed E-state index contributed by atoms with van der Waals surface area (Å²) in [4.78, 5) is 41.4. The minimum Gasteiger partial charge on any atom is -0.465 e. The maximum atomic E-state index is 12.4. The van der Waals surface area contributed by atoms with Gasteiger partial charge in [0.15, 0.2) is 0 Å². The van der Waals surface area contributed by atoms with Crippen LogP contribution in [0.4, 0.5) is 33.8 Å². The van der Waals surface area contributed by atoms with Gasteiger partial charge in [-0.1, -0.05) is 12.1 Å². The second-order valence-corrected chi connectivity index (χ2v) is 8.15. The lowest BCUT2D eigenvalue weighted by Gasteiger charge is -2.11. The number of para-hydroxylation sites is 2. The molecule has 0 radical (unpaired) electrons. The molecule has 0 atom stereocenters. The summed E-state index contributed by atoms with van der Waals surface area (Å²) in [6, 6.07) is 20.7.